The van der Waals surface area contributed by atoms with Gasteiger partial charge < -0.3 is 38.3 Å². The number of phenols is 3. The summed E-state index contributed by atoms with van der Waals surface area (Å²) in [5.74, 6) is 3.18. The zero-order valence-electron chi connectivity index (χ0n) is 88.9. The van der Waals surface area contributed by atoms with Crippen molar-refractivity contribution in [2.45, 2.75) is 232 Å². The minimum atomic E-state index is -0.371. The molecule has 7 heterocycles. The van der Waals surface area contributed by atoms with Crippen molar-refractivity contribution in [3.05, 3.63) is 346 Å². The van der Waals surface area contributed by atoms with Gasteiger partial charge in [-0.3, -0.25) is 19.7 Å². The smallest absolute Gasteiger partial charge is 0.494 e. The summed E-state index contributed by atoms with van der Waals surface area (Å²) in [5, 5.41) is 34.4. The van der Waals surface area contributed by atoms with E-state index < -0.39 is 0 Å². The van der Waals surface area contributed by atoms with Crippen LogP contribution in [0, 0.1) is 26.8 Å². The minimum absolute atomic E-state index is 0. The van der Waals surface area contributed by atoms with Crippen LogP contribution in [0.1, 0.15) is 217 Å². The predicted octanol–water partition coefficient (Wildman–Crippen LogP) is 33.7. The van der Waals surface area contributed by atoms with Gasteiger partial charge >= 0.3 is 7.12 Å². The third kappa shape index (κ3) is 24.2. The predicted molar refractivity (Wildman–Crippen MR) is 627 cm³/mol. The molecule has 0 unspecified atom stereocenters. The van der Waals surface area contributed by atoms with Crippen LogP contribution < -0.4 is 5.46 Å². The summed E-state index contributed by atoms with van der Waals surface area (Å²) in [6, 6.07) is 95.8. The number of aryl methyl sites for hydroxylation is 6. The molecule has 1 saturated heterocycles. The molecule has 0 spiro atoms. The molecule has 0 aliphatic carbocycles. The van der Waals surface area contributed by atoms with E-state index in [-0.39, 0.29) is 115 Å². The van der Waals surface area contributed by atoms with Crippen LogP contribution in [0.4, 0.5) is 4.70 Å². The molecule has 0 saturated carbocycles. The Morgan fingerprint density at radius 3 is 1.01 bits per heavy atom. The number of phenolic OH excluding ortho intramolecular Hbond substituents is 3. The Balaban J connectivity index is 0.000000189. The van der Waals surface area contributed by atoms with E-state index in [1.807, 2.05) is 86.8 Å². The third-order valence-corrected chi connectivity index (χ3v) is 28.5. The molecule has 19 heteroatoms. The van der Waals surface area contributed by atoms with Gasteiger partial charge in [0.2, 0.25) is 0 Å². The van der Waals surface area contributed by atoms with Gasteiger partial charge in [-0.15, -0.1) is 53.8 Å². The van der Waals surface area contributed by atoms with Crippen LogP contribution in [0.5, 0.6) is 17.2 Å². The third-order valence-electron chi connectivity index (χ3n) is 27.9. The molecular weight excluding hydrogens is 2180 g/mol. The zero-order valence-corrected chi connectivity index (χ0v) is 95.1. The van der Waals surface area contributed by atoms with Crippen LogP contribution in [-0.2, 0) is 84.0 Å². The van der Waals surface area contributed by atoms with E-state index in [0.717, 1.165) is 172 Å². The summed E-state index contributed by atoms with van der Waals surface area (Å²) in [6.45, 7) is 53.7. The monoisotopic (exact) mass is 2320 g/mol. The number of hydrogen-bond donors (Lipinski definition) is 3. The maximum Gasteiger partial charge on any atom is 0.494 e. The first kappa shape index (κ1) is 115. The Morgan fingerprint density at radius 1 is 0.320 bits per heavy atom. The average Bonchev–Trinajstić information content (AvgIpc) is 1.68. The fourth-order valence-electron chi connectivity index (χ4n) is 18.5. The molecule has 19 rings (SSSR count). The molecule has 1 aliphatic heterocycles. The van der Waals surface area contributed by atoms with E-state index in [2.05, 4.69) is 434 Å². The number of fused-ring (bicyclic) bond motifs is 3. The molecule has 0 radical (unpaired) electrons. The van der Waals surface area contributed by atoms with Gasteiger partial charge in [0.1, 0.15) is 40.2 Å². The number of benzene rings is 12. The summed E-state index contributed by atoms with van der Waals surface area (Å²) in [4.78, 5) is 29.5. The molecule has 0 atom stereocenters. The molecule has 1 aliphatic rings. The summed E-state index contributed by atoms with van der Waals surface area (Å²) in [5.41, 5.74) is 34.3. The van der Waals surface area contributed by atoms with Crippen LogP contribution in [-0.4, -0.2) is 77.2 Å². The van der Waals surface area contributed by atoms with Gasteiger partial charge in [-0.2, -0.15) is 0 Å². The first-order valence-electron chi connectivity index (χ1n) is 49.2. The van der Waals surface area contributed by atoms with Gasteiger partial charge in [0.05, 0.1) is 66.9 Å². The van der Waals surface area contributed by atoms with Crippen molar-refractivity contribution in [3.8, 4) is 141 Å². The van der Waals surface area contributed by atoms with Crippen molar-refractivity contribution in [2.24, 2.45) is 21.1 Å². The minimum Gasteiger partial charge on any atom is -0.507 e. The fraction of sp³-hybridized carbons (Fsp3) is 0.297. The Kier molecular flexibility index (Phi) is 34.9. The summed E-state index contributed by atoms with van der Waals surface area (Å²) in [6.07, 6.45) is 5.84. The molecule has 14 nitrogen and oxygen atoms in total. The Bertz CT molecular complexity index is 7490. The van der Waals surface area contributed by atoms with Crippen molar-refractivity contribution >= 4 is 85.6 Å². The summed E-state index contributed by atoms with van der Waals surface area (Å²) >= 11 is 3.59. The molecule has 0 amide bonds. The second kappa shape index (κ2) is 44.6. The number of aromatic nitrogens is 9. The number of pyridine rings is 3. The van der Waals surface area contributed by atoms with Gasteiger partial charge in [0.25, 0.3) is 0 Å². The van der Waals surface area contributed by atoms with E-state index in [9.17, 15) is 15.3 Å². The Labute approximate surface area is 911 Å². The van der Waals surface area contributed by atoms with Gasteiger partial charge in [-0.25, -0.2) is 15.0 Å². The molecule has 12 aromatic carbocycles. The first-order chi connectivity index (χ1) is 66.8. The van der Waals surface area contributed by atoms with E-state index in [4.69, 9.17) is 34.2 Å². The quantitative estimate of drug-likeness (QED) is 0.0604. The summed E-state index contributed by atoms with van der Waals surface area (Å²) < 4.78 is 19.6. The topological polar surface area (TPSA) is 171 Å². The largest absolute Gasteiger partial charge is 0.507 e. The number of hydrogen-bond acceptors (Lipinski definition) is 11. The van der Waals surface area contributed by atoms with E-state index >= 15 is 0 Å². The average molecular weight is 2320 g/mol. The molecule has 18 aromatic rings. The molecule has 6 aromatic heterocycles. The molecule has 0 bridgehead atoms. The van der Waals surface area contributed by atoms with Crippen molar-refractivity contribution < 1.29 is 50.4 Å². The zero-order chi connectivity index (χ0) is 102. The van der Waals surface area contributed by atoms with Crippen molar-refractivity contribution in [2.75, 3.05) is 0 Å². The van der Waals surface area contributed by atoms with Gasteiger partial charge in [0, 0.05) is 98.8 Å². The maximum atomic E-state index is 11.6. The van der Waals surface area contributed by atoms with Gasteiger partial charge in [0.15, 0.2) is 0 Å². The number of para-hydroxylation sites is 3. The number of imidazole rings is 3. The normalized spacial score (nSPS) is 12.9. The second-order valence-electron chi connectivity index (χ2n) is 45.2. The fourth-order valence-corrected chi connectivity index (χ4v) is 18.9. The van der Waals surface area contributed by atoms with E-state index in [0.29, 0.717) is 17.2 Å². The standard InChI is InChI=1S/C40H41N3O.C40H40N3O.C24H26BNO2.C22H27BrN2O.2CH4.FH.HI.Pt/c2*1-25-24-41-34(23-31(25)26-14-10-9-11-15-26)28-17-12-16-27(20-28)30-18-13-19-35-36(30)42-38(43(35)8)32-21-29(39(2,3)4)22-33(37(32)44)40(5,6)7;1-17-16-26-22(15-21(17)18-10-7-6-8-11-18)19-12-9-13-20(14-19)25-27-23(2,3)24(4,5)28-25;1-21(2,3)13-11-14(19(26)15(12-13)22(4,5)6)20-24-18-16(23)9-8-10-17(18)25(20)7;;;;;/h9-24,44H,1-8H3;9-19,21-24,44H,1-8H3;6-16H,1-5H3;8-12,26H,1-7H3;2*1H4;2*1H;/q;-1;;;;;;;. The van der Waals surface area contributed by atoms with Crippen LogP contribution in [0.2, 0.25) is 0 Å². The van der Waals surface area contributed by atoms with E-state index in [1.165, 1.54) is 44.5 Å². The Hall–Kier alpha value is -12.3. The number of aromatic hydroxyl groups is 3. The summed E-state index contributed by atoms with van der Waals surface area (Å²) in [7, 11) is 5.68. The second-order valence-corrected chi connectivity index (χ2v) is 46.1. The SMILES string of the molecule is C.C.Cc1cnc(-c2[c-]c(-c3cccc4c3nc(-c3cc(C(C)(C)C)cc(C(C)(C)C)c3O)n4C)ccc2)cc1-c1ccccc1.Cc1cnc(-c2cccc(-c3cccc4c3nc(-c3cc(C(C)(C)C)cc(C(C)(C)C)c3O)n4C)c2)cc1-c1ccccc1.Cc1cnc(-c2cccc(B3OC(C)(C)C(C)(C)O3)c2)cc1-c1ccccc1.Cn1c(-c2cc(C(C)(C)C)cc(C(C)(C)C)c2O)nc2c(Br)cccc21.F.I.[Pt]. The molecule has 766 valence electrons. The van der Waals surface area contributed by atoms with Crippen LogP contribution in [0.25, 0.3) is 157 Å². The van der Waals surface area contributed by atoms with Crippen LogP contribution in [0.15, 0.2) is 290 Å². The van der Waals surface area contributed by atoms with Crippen molar-refractivity contribution in [1.82, 2.24) is 43.6 Å². The van der Waals surface area contributed by atoms with E-state index in [1.54, 1.807) is 0 Å². The van der Waals surface area contributed by atoms with Crippen molar-refractivity contribution in [1.29, 1.82) is 0 Å². The molecule has 147 heavy (non-hydrogen) atoms. The maximum absolute atomic E-state index is 11.6. The number of halogens is 3. The number of nitrogens with zero attached hydrogens (tertiary/aromatic N) is 9. The first-order valence-corrected chi connectivity index (χ1v) is 50.0. The molecular formula is C128H144BBrFIN9O5Pt-. The Morgan fingerprint density at radius 2 is 0.626 bits per heavy atom. The van der Waals surface area contributed by atoms with Crippen LogP contribution >= 0.6 is 39.9 Å². The number of rotatable bonds is 12. The van der Waals surface area contributed by atoms with Crippen molar-refractivity contribution in [3.63, 3.8) is 0 Å². The van der Waals surface area contributed by atoms with Gasteiger partial charge in [-0.1, -0.05) is 339 Å². The van der Waals surface area contributed by atoms with Gasteiger partial charge in [-0.05, 0) is 241 Å². The molecule has 1 fully saturated rings. The molecule has 3 N–H and O–H groups in total. The van der Waals surface area contributed by atoms with Crippen LogP contribution in [0.3, 0.4) is 0 Å².